The highest BCUT2D eigenvalue weighted by atomic mass is 16.5. The highest BCUT2D eigenvalue weighted by Gasteiger charge is 2.33. The molecule has 1 amide bonds. The second-order valence-electron chi connectivity index (χ2n) is 5.42. The number of nitrogens with zero attached hydrogens (tertiary/aromatic N) is 2. The molecule has 5 heteroatoms. The van der Waals surface area contributed by atoms with Gasteiger partial charge in [0.05, 0.1) is 12.1 Å². The summed E-state index contributed by atoms with van der Waals surface area (Å²) in [6.45, 7) is 3.68. The Labute approximate surface area is 125 Å². The van der Waals surface area contributed by atoms with E-state index < -0.39 is 0 Å². The van der Waals surface area contributed by atoms with Crippen molar-refractivity contribution in [2.75, 3.05) is 26.7 Å². The SMILES string of the molecule is COC1(C)CCCN(C(=O)c2ccc(C#CCN)cn2)C1. The van der Waals surface area contributed by atoms with Crippen LogP contribution in [0.25, 0.3) is 0 Å². The van der Waals surface area contributed by atoms with E-state index in [2.05, 4.69) is 16.8 Å². The number of aromatic nitrogens is 1. The molecule has 0 bridgehead atoms. The first-order valence-electron chi connectivity index (χ1n) is 7.07. The second kappa shape index (κ2) is 6.70. The van der Waals surface area contributed by atoms with Gasteiger partial charge in [-0.2, -0.15) is 0 Å². The number of hydrogen-bond acceptors (Lipinski definition) is 4. The number of ether oxygens (including phenoxy) is 1. The van der Waals surface area contributed by atoms with Crippen molar-refractivity contribution in [3.05, 3.63) is 29.6 Å². The maximum absolute atomic E-state index is 12.5. The highest BCUT2D eigenvalue weighted by Crippen LogP contribution is 2.24. The van der Waals surface area contributed by atoms with E-state index in [4.69, 9.17) is 10.5 Å². The number of carbonyl (C=O) groups is 1. The van der Waals surface area contributed by atoms with Crippen molar-refractivity contribution in [3.63, 3.8) is 0 Å². The summed E-state index contributed by atoms with van der Waals surface area (Å²) in [6, 6.07) is 3.50. The molecule has 5 nitrogen and oxygen atoms in total. The van der Waals surface area contributed by atoms with Crippen LogP contribution in [0.15, 0.2) is 18.3 Å². The number of amides is 1. The van der Waals surface area contributed by atoms with Crippen LogP contribution in [0.3, 0.4) is 0 Å². The highest BCUT2D eigenvalue weighted by molar-refractivity contribution is 5.92. The van der Waals surface area contributed by atoms with Crippen LogP contribution in [-0.2, 0) is 4.74 Å². The van der Waals surface area contributed by atoms with Crippen LogP contribution in [0, 0.1) is 11.8 Å². The molecule has 1 aromatic rings. The summed E-state index contributed by atoms with van der Waals surface area (Å²) in [5.41, 5.74) is 6.26. The zero-order valence-electron chi connectivity index (χ0n) is 12.6. The molecule has 2 rings (SSSR count). The van der Waals surface area contributed by atoms with Crippen LogP contribution in [0.5, 0.6) is 0 Å². The van der Waals surface area contributed by atoms with E-state index in [0.29, 0.717) is 18.8 Å². The van der Waals surface area contributed by atoms with E-state index in [1.54, 1.807) is 30.3 Å². The molecule has 1 atom stereocenters. The molecular formula is C16H21N3O2. The average Bonchev–Trinajstić information content (AvgIpc) is 2.53. The Morgan fingerprint density at radius 1 is 1.57 bits per heavy atom. The lowest BCUT2D eigenvalue weighted by Gasteiger charge is -2.39. The van der Waals surface area contributed by atoms with Gasteiger partial charge >= 0.3 is 0 Å². The van der Waals surface area contributed by atoms with E-state index in [1.165, 1.54) is 0 Å². The quantitative estimate of drug-likeness (QED) is 0.825. The van der Waals surface area contributed by atoms with Crippen molar-refractivity contribution < 1.29 is 9.53 Å². The van der Waals surface area contributed by atoms with Gasteiger partial charge in [0.2, 0.25) is 0 Å². The first-order valence-corrected chi connectivity index (χ1v) is 7.07. The molecule has 0 aliphatic carbocycles. The van der Waals surface area contributed by atoms with Gasteiger partial charge in [0.25, 0.3) is 5.91 Å². The largest absolute Gasteiger partial charge is 0.377 e. The summed E-state index contributed by atoms with van der Waals surface area (Å²) in [4.78, 5) is 18.5. The lowest BCUT2D eigenvalue weighted by molar-refractivity contribution is -0.0441. The first-order chi connectivity index (χ1) is 10.1. The zero-order chi connectivity index (χ0) is 15.3. The molecular weight excluding hydrogens is 266 g/mol. The van der Waals surface area contributed by atoms with Gasteiger partial charge in [-0.05, 0) is 31.9 Å². The minimum Gasteiger partial charge on any atom is -0.377 e. The number of piperidine rings is 1. The third-order valence-corrected chi connectivity index (χ3v) is 3.76. The molecule has 0 spiro atoms. The molecule has 1 aliphatic rings. The molecule has 0 aromatic carbocycles. The number of methoxy groups -OCH3 is 1. The first kappa shape index (κ1) is 15.5. The Morgan fingerprint density at radius 2 is 2.38 bits per heavy atom. The van der Waals surface area contributed by atoms with Crippen LogP contribution in [0.1, 0.15) is 35.8 Å². The van der Waals surface area contributed by atoms with Gasteiger partial charge in [-0.25, -0.2) is 4.98 Å². The van der Waals surface area contributed by atoms with Crippen molar-refractivity contribution in [2.24, 2.45) is 5.73 Å². The van der Waals surface area contributed by atoms with Crippen molar-refractivity contribution in [1.82, 2.24) is 9.88 Å². The maximum Gasteiger partial charge on any atom is 0.272 e. The number of hydrogen-bond donors (Lipinski definition) is 1. The molecule has 1 saturated heterocycles. The van der Waals surface area contributed by atoms with Gasteiger partial charge in [0.1, 0.15) is 5.69 Å². The van der Waals surface area contributed by atoms with E-state index in [0.717, 1.165) is 24.9 Å². The van der Waals surface area contributed by atoms with Crippen molar-refractivity contribution >= 4 is 5.91 Å². The zero-order valence-corrected chi connectivity index (χ0v) is 12.6. The summed E-state index contributed by atoms with van der Waals surface area (Å²) in [5.74, 6) is 5.59. The fourth-order valence-electron chi connectivity index (χ4n) is 2.46. The van der Waals surface area contributed by atoms with Crippen molar-refractivity contribution in [1.29, 1.82) is 0 Å². The Balaban J connectivity index is 2.09. The molecule has 1 aromatic heterocycles. The molecule has 1 aliphatic heterocycles. The lowest BCUT2D eigenvalue weighted by Crippen LogP contribution is -2.49. The van der Waals surface area contributed by atoms with E-state index in [9.17, 15) is 4.79 Å². The predicted octanol–water partition coefficient (Wildman–Crippen LogP) is 1.03. The maximum atomic E-state index is 12.5. The smallest absolute Gasteiger partial charge is 0.272 e. The summed E-state index contributed by atoms with van der Waals surface area (Å²) in [7, 11) is 1.69. The van der Waals surface area contributed by atoms with Crippen LogP contribution in [0.2, 0.25) is 0 Å². The Hall–Kier alpha value is -1.90. The predicted molar refractivity (Wildman–Crippen MR) is 80.7 cm³/mol. The normalized spacial score (nSPS) is 21.6. The monoisotopic (exact) mass is 287 g/mol. The van der Waals surface area contributed by atoms with Crippen LogP contribution in [-0.4, -0.2) is 48.1 Å². The molecule has 21 heavy (non-hydrogen) atoms. The van der Waals surface area contributed by atoms with Crippen LogP contribution in [0.4, 0.5) is 0 Å². The molecule has 112 valence electrons. The molecule has 1 fully saturated rings. The molecule has 0 saturated carbocycles. The van der Waals surface area contributed by atoms with Crippen molar-refractivity contribution in [2.45, 2.75) is 25.4 Å². The van der Waals surface area contributed by atoms with Crippen LogP contribution >= 0.6 is 0 Å². The molecule has 0 radical (unpaired) electrons. The lowest BCUT2D eigenvalue weighted by atomic mass is 9.94. The topological polar surface area (TPSA) is 68.5 Å². The minimum absolute atomic E-state index is 0.0590. The Kier molecular flexibility index (Phi) is 4.94. The van der Waals surface area contributed by atoms with E-state index in [1.807, 2.05) is 6.92 Å². The third-order valence-electron chi connectivity index (χ3n) is 3.76. The van der Waals surface area contributed by atoms with Crippen molar-refractivity contribution in [3.8, 4) is 11.8 Å². The van der Waals surface area contributed by atoms with Gasteiger partial charge in [0.15, 0.2) is 0 Å². The number of nitrogens with two attached hydrogens (primary N) is 1. The Bertz CT molecular complexity index is 559. The van der Waals surface area contributed by atoms with Gasteiger partial charge < -0.3 is 15.4 Å². The number of carbonyl (C=O) groups excluding carboxylic acids is 1. The average molecular weight is 287 g/mol. The number of pyridine rings is 1. The number of likely N-dealkylation sites (tertiary alicyclic amines) is 1. The molecule has 2 heterocycles. The molecule has 1 unspecified atom stereocenters. The Morgan fingerprint density at radius 3 is 3.00 bits per heavy atom. The van der Waals surface area contributed by atoms with Crippen LogP contribution < -0.4 is 5.73 Å². The van der Waals surface area contributed by atoms with Gasteiger partial charge in [0, 0.05) is 32.0 Å². The van der Waals surface area contributed by atoms with Gasteiger partial charge in [-0.1, -0.05) is 11.8 Å². The summed E-state index contributed by atoms with van der Waals surface area (Å²) in [5, 5.41) is 0. The second-order valence-corrected chi connectivity index (χ2v) is 5.42. The fraction of sp³-hybridized carbons (Fsp3) is 0.500. The van der Waals surface area contributed by atoms with Gasteiger partial charge in [-0.3, -0.25) is 4.79 Å². The summed E-state index contributed by atoms with van der Waals surface area (Å²) >= 11 is 0. The van der Waals surface area contributed by atoms with Gasteiger partial charge in [-0.15, -0.1) is 0 Å². The van der Waals surface area contributed by atoms with E-state index >= 15 is 0 Å². The van der Waals surface area contributed by atoms with E-state index in [-0.39, 0.29) is 11.5 Å². The fourth-order valence-corrected chi connectivity index (χ4v) is 2.46. The molecule has 2 N–H and O–H groups in total. The number of rotatable bonds is 2. The summed E-state index contributed by atoms with van der Waals surface area (Å²) < 4.78 is 5.51. The summed E-state index contributed by atoms with van der Waals surface area (Å²) in [6.07, 6.45) is 3.51. The minimum atomic E-state index is -0.263. The third kappa shape index (κ3) is 3.81. The standard InChI is InChI=1S/C16H21N3O2/c1-16(21-2)8-4-10-19(12-16)15(20)14-7-6-13(11-18-14)5-3-9-17/h6-7,11H,4,8-10,12,17H2,1-2H3.